The lowest BCUT2D eigenvalue weighted by atomic mass is 9.90. The third-order valence-electron chi connectivity index (χ3n) is 3.74. The minimum atomic E-state index is 0.387. The van der Waals surface area contributed by atoms with Crippen LogP contribution in [0.5, 0.6) is 0 Å². The normalized spacial score (nSPS) is 18.1. The van der Waals surface area contributed by atoms with Crippen molar-refractivity contribution in [2.24, 2.45) is 0 Å². The van der Waals surface area contributed by atoms with E-state index in [1.165, 1.54) is 11.3 Å². The molecule has 0 aliphatic carbocycles. The Morgan fingerprint density at radius 1 is 1.37 bits per heavy atom. The van der Waals surface area contributed by atoms with E-state index in [1.54, 1.807) is 0 Å². The van der Waals surface area contributed by atoms with Crippen LogP contribution in [0.3, 0.4) is 0 Å². The summed E-state index contributed by atoms with van der Waals surface area (Å²) in [6, 6.07) is 8.72. The van der Waals surface area contributed by atoms with Gasteiger partial charge in [-0.05, 0) is 30.0 Å². The van der Waals surface area contributed by atoms with E-state index in [9.17, 15) is 0 Å². The lowest BCUT2D eigenvalue weighted by Crippen LogP contribution is -2.19. The molecule has 5 heteroatoms. The first kappa shape index (κ1) is 12.0. The quantitative estimate of drug-likeness (QED) is 0.888. The number of aromatic nitrogens is 3. The van der Waals surface area contributed by atoms with E-state index in [0.717, 1.165) is 25.2 Å². The summed E-state index contributed by atoms with van der Waals surface area (Å²) in [5.41, 5.74) is 8.27. The van der Waals surface area contributed by atoms with Crippen LogP contribution in [0.25, 0.3) is 0 Å². The number of hydrogen-bond acceptors (Lipinski definition) is 4. The summed E-state index contributed by atoms with van der Waals surface area (Å²) in [6.07, 6.45) is 2.01. The molecule has 1 atom stereocenters. The van der Waals surface area contributed by atoms with Crippen molar-refractivity contribution in [3.05, 3.63) is 35.7 Å². The lowest BCUT2D eigenvalue weighted by molar-refractivity contribution is 0.434. The molecule has 2 heterocycles. The molecule has 0 saturated heterocycles. The lowest BCUT2D eigenvalue weighted by Gasteiger charge is -2.23. The van der Waals surface area contributed by atoms with Crippen LogP contribution in [0.15, 0.2) is 24.3 Å². The molecule has 0 radical (unpaired) electrons. The molecular weight excluding hydrogens is 238 g/mol. The number of nitrogens with zero attached hydrogens (tertiary/aromatic N) is 4. The van der Waals surface area contributed by atoms with E-state index >= 15 is 0 Å². The van der Waals surface area contributed by atoms with Gasteiger partial charge in [0.25, 0.3) is 0 Å². The number of hydrogen-bond donors (Lipinski definition) is 1. The molecule has 0 saturated carbocycles. The Hall–Kier alpha value is -2.04. The topological polar surface area (TPSA) is 60.0 Å². The summed E-state index contributed by atoms with van der Waals surface area (Å²) >= 11 is 0. The zero-order valence-electron chi connectivity index (χ0n) is 11.4. The molecule has 3 rings (SSSR count). The highest BCUT2D eigenvalue weighted by Crippen LogP contribution is 2.30. The van der Waals surface area contributed by atoms with E-state index in [4.69, 9.17) is 5.73 Å². The number of fused-ring (bicyclic) bond motifs is 1. The van der Waals surface area contributed by atoms with Crippen molar-refractivity contribution < 1.29 is 0 Å². The first-order valence-corrected chi connectivity index (χ1v) is 6.60. The molecule has 2 N–H and O–H groups in total. The predicted molar refractivity (Wildman–Crippen MR) is 76.3 cm³/mol. The van der Waals surface area contributed by atoms with Gasteiger partial charge in [-0.25, -0.2) is 4.68 Å². The smallest absolute Gasteiger partial charge is 0.239 e. The van der Waals surface area contributed by atoms with E-state index in [1.807, 2.05) is 4.68 Å². The van der Waals surface area contributed by atoms with Crippen molar-refractivity contribution in [1.29, 1.82) is 0 Å². The van der Waals surface area contributed by atoms with Gasteiger partial charge in [-0.1, -0.05) is 12.1 Å². The molecule has 19 heavy (non-hydrogen) atoms. The second-order valence-corrected chi connectivity index (χ2v) is 5.29. The summed E-state index contributed by atoms with van der Waals surface area (Å²) in [4.78, 5) is 6.44. The summed E-state index contributed by atoms with van der Waals surface area (Å²) in [5, 5.41) is 4.20. The molecule has 1 unspecified atom stereocenters. The zero-order chi connectivity index (χ0) is 13.4. The van der Waals surface area contributed by atoms with Crippen LogP contribution in [0.1, 0.15) is 23.7 Å². The minimum absolute atomic E-state index is 0.387. The van der Waals surface area contributed by atoms with Crippen molar-refractivity contribution in [3.8, 4) is 0 Å². The molecule has 0 fully saturated rings. The molecule has 1 aliphatic rings. The largest absolute Gasteiger partial charge is 0.378 e. The van der Waals surface area contributed by atoms with Gasteiger partial charge in [0.1, 0.15) is 5.82 Å². The number of benzene rings is 1. The van der Waals surface area contributed by atoms with E-state index in [-0.39, 0.29) is 0 Å². The fourth-order valence-electron chi connectivity index (χ4n) is 2.67. The molecule has 1 aliphatic heterocycles. The second kappa shape index (κ2) is 4.57. The summed E-state index contributed by atoms with van der Waals surface area (Å²) in [7, 11) is 4.13. The maximum atomic E-state index is 5.66. The van der Waals surface area contributed by atoms with Crippen LogP contribution >= 0.6 is 0 Å². The van der Waals surface area contributed by atoms with Crippen LogP contribution in [0.2, 0.25) is 0 Å². The Bertz CT molecular complexity index is 587. The van der Waals surface area contributed by atoms with Gasteiger partial charge in [0.15, 0.2) is 0 Å². The Labute approximate surface area is 113 Å². The van der Waals surface area contributed by atoms with Gasteiger partial charge < -0.3 is 10.6 Å². The van der Waals surface area contributed by atoms with Gasteiger partial charge in [0.05, 0.1) is 0 Å². The van der Waals surface area contributed by atoms with Crippen molar-refractivity contribution >= 4 is 11.6 Å². The number of aryl methyl sites for hydroxylation is 1. The molecule has 1 aromatic carbocycles. The Balaban J connectivity index is 1.86. The molecule has 0 amide bonds. The van der Waals surface area contributed by atoms with Crippen molar-refractivity contribution in [3.63, 3.8) is 0 Å². The van der Waals surface area contributed by atoms with Crippen molar-refractivity contribution in [2.75, 3.05) is 24.7 Å². The molecule has 1 aromatic heterocycles. The van der Waals surface area contributed by atoms with Crippen LogP contribution in [0, 0.1) is 0 Å². The highest BCUT2D eigenvalue weighted by atomic mass is 15.4. The first-order chi connectivity index (χ1) is 9.13. The van der Waals surface area contributed by atoms with Gasteiger partial charge in [0.2, 0.25) is 5.95 Å². The highest BCUT2D eigenvalue weighted by Gasteiger charge is 2.22. The molecule has 5 nitrogen and oxygen atoms in total. The molecular formula is C14H19N5. The average molecular weight is 257 g/mol. The Kier molecular flexibility index (Phi) is 2.89. The van der Waals surface area contributed by atoms with Crippen LogP contribution in [-0.2, 0) is 13.0 Å². The van der Waals surface area contributed by atoms with Gasteiger partial charge in [-0.2, -0.15) is 4.98 Å². The van der Waals surface area contributed by atoms with Gasteiger partial charge in [0, 0.05) is 32.7 Å². The predicted octanol–water partition coefficient (Wildman–Crippen LogP) is 1.66. The van der Waals surface area contributed by atoms with E-state index < -0.39 is 0 Å². The highest BCUT2D eigenvalue weighted by molar-refractivity contribution is 5.48. The fraction of sp³-hybridized carbons (Fsp3) is 0.429. The monoisotopic (exact) mass is 257 g/mol. The fourth-order valence-corrected chi connectivity index (χ4v) is 2.67. The Morgan fingerprint density at radius 3 is 3.00 bits per heavy atom. The summed E-state index contributed by atoms with van der Waals surface area (Å²) in [6.45, 7) is 0.899. The van der Waals surface area contributed by atoms with Crippen LogP contribution < -0.4 is 10.6 Å². The van der Waals surface area contributed by atoms with E-state index in [2.05, 4.69) is 53.3 Å². The Morgan fingerprint density at radius 2 is 2.21 bits per heavy atom. The maximum absolute atomic E-state index is 5.66. The van der Waals surface area contributed by atoms with Crippen molar-refractivity contribution in [1.82, 2.24) is 14.8 Å². The number of nitrogen functional groups attached to an aromatic ring is 1. The number of nitrogens with two attached hydrogens (primary N) is 1. The van der Waals surface area contributed by atoms with Crippen molar-refractivity contribution in [2.45, 2.75) is 25.3 Å². The van der Waals surface area contributed by atoms with Gasteiger partial charge in [-0.3, -0.25) is 0 Å². The number of anilines is 2. The third kappa shape index (κ3) is 2.28. The molecule has 0 spiro atoms. The first-order valence-electron chi connectivity index (χ1n) is 6.60. The molecule has 100 valence electrons. The second-order valence-electron chi connectivity index (χ2n) is 5.29. The SMILES string of the molecule is CN(C)c1cccc(C2CCn3nc(N)nc3C2)c1. The van der Waals surface area contributed by atoms with Gasteiger partial charge >= 0.3 is 0 Å². The third-order valence-corrected chi connectivity index (χ3v) is 3.74. The summed E-state index contributed by atoms with van der Waals surface area (Å²) in [5.74, 6) is 1.90. The maximum Gasteiger partial charge on any atom is 0.239 e. The summed E-state index contributed by atoms with van der Waals surface area (Å²) < 4.78 is 1.93. The van der Waals surface area contributed by atoms with Gasteiger partial charge in [-0.15, -0.1) is 5.10 Å². The van der Waals surface area contributed by atoms with E-state index in [0.29, 0.717) is 11.9 Å². The molecule has 0 bridgehead atoms. The average Bonchev–Trinajstić information content (AvgIpc) is 2.77. The molecule has 2 aromatic rings. The standard InChI is InChI=1S/C14H19N5/c1-18(2)12-5-3-4-10(8-12)11-6-7-19-13(9-11)16-14(15)17-19/h3-5,8,11H,6-7,9H2,1-2H3,(H2,15,17). The minimum Gasteiger partial charge on any atom is -0.378 e. The number of rotatable bonds is 2. The van der Waals surface area contributed by atoms with Crippen LogP contribution in [0.4, 0.5) is 11.6 Å². The van der Waals surface area contributed by atoms with Crippen LogP contribution in [-0.4, -0.2) is 28.9 Å². The zero-order valence-corrected chi connectivity index (χ0v) is 11.4.